The number of nitrogens with one attached hydrogen (secondary N) is 3. The van der Waals surface area contributed by atoms with Gasteiger partial charge in [-0.25, -0.2) is 14.4 Å². The van der Waals surface area contributed by atoms with Gasteiger partial charge in [-0.1, -0.05) is 0 Å². The number of hydrogen-bond acceptors (Lipinski definition) is 9. The second-order valence-electron chi connectivity index (χ2n) is 7.33. The summed E-state index contributed by atoms with van der Waals surface area (Å²) in [5.74, 6) is -2.78. The number of aromatic carboxylic acids is 3. The largest absolute Gasteiger partial charge is 0.478 e. The Kier molecular flexibility index (Phi) is 6.68. The van der Waals surface area contributed by atoms with Crippen molar-refractivity contribution >= 4 is 52.8 Å². The molecule has 12 heteroatoms. The van der Waals surface area contributed by atoms with Crippen molar-refractivity contribution in [3.05, 3.63) is 89.5 Å². The molecule has 180 valence electrons. The Morgan fingerprint density at radius 2 is 0.667 bits per heavy atom. The molecule has 0 saturated heterocycles. The van der Waals surface area contributed by atoms with E-state index in [4.69, 9.17) is 15.3 Å². The molecule has 36 heavy (non-hydrogen) atoms. The van der Waals surface area contributed by atoms with Gasteiger partial charge in [0.1, 0.15) is 0 Å². The molecule has 0 aliphatic rings. The van der Waals surface area contributed by atoms with Crippen molar-refractivity contribution in [1.29, 1.82) is 0 Å². The molecule has 0 fully saturated rings. The van der Waals surface area contributed by atoms with Gasteiger partial charge in [-0.3, -0.25) is 0 Å². The van der Waals surface area contributed by atoms with Crippen molar-refractivity contribution in [3.63, 3.8) is 0 Å². The topological polar surface area (TPSA) is 187 Å². The van der Waals surface area contributed by atoms with Gasteiger partial charge >= 0.3 is 17.9 Å². The lowest BCUT2D eigenvalue weighted by molar-refractivity contribution is 0.0686. The van der Waals surface area contributed by atoms with E-state index in [0.717, 1.165) is 0 Å². The zero-order valence-electron chi connectivity index (χ0n) is 18.3. The van der Waals surface area contributed by atoms with Crippen LogP contribution in [0.25, 0.3) is 0 Å². The molecule has 0 aliphatic heterocycles. The number of carbonyl (C=O) groups is 3. The van der Waals surface area contributed by atoms with E-state index >= 15 is 0 Å². The van der Waals surface area contributed by atoms with Crippen molar-refractivity contribution in [2.75, 3.05) is 16.0 Å². The summed E-state index contributed by atoms with van der Waals surface area (Å²) >= 11 is 0. The standard InChI is InChI=1S/C24H18N6O6/c31-19(32)13-1-7-16(8-2-13)25-22-28-23(26-17-9-3-14(4-10-17)20(33)34)30-24(29-22)27-18-11-5-15(6-12-18)21(35)36/h1-12H,(H,31,32)(H,33,34)(H,35,36)(H3,25,26,27,28,29,30). The first-order chi connectivity index (χ1) is 17.3. The predicted octanol–water partition coefficient (Wildman–Crippen LogP) is 4.20. The molecule has 0 atom stereocenters. The molecular formula is C24H18N6O6. The van der Waals surface area contributed by atoms with Gasteiger partial charge < -0.3 is 31.3 Å². The van der Waals surface area contributed by atoms with E-state index in [-0.39, 0.29) is 34.5 Å². The molecule has 4 aromatic rings. The molecule has 6 N–H and O–H groups in total. The van der Waals surface area contributed by atoms with Crippen LogP contribution in [0, 0.1) is 0 Å². The molecule has 0 spiro atoms. The number of rotatable bonds is 9. The molecule has 1 heterocycles. The quantitative estimate of drug-likeness (QED) is 0.198. The highest BCUT2D eigenvalue weighted by Crippen LogP contribution is 2.22. The van der Waals surface area contributed by atoms with E-state index in [2.05, 4.69) is 30.9 Å². The molecule has 0 unspecified atom stereocenters. The predicted molar refractivity (Wildman–Crippen MR) is 130 cm³/mol. The Bertz CT molecular complexity index is 1240. The molecule has 12 nitrogen and oxygen atoms in total. The maximum Gasteiger partial charge on any atom is 0.335 e. The maximum atomic E-state index is 11.1. The van der Waals surface area contributed by atoms with Crippen molar-refractivity contribution in [2.24, 2.45) is 0 Å². The minimum atomic E-state index is -1.05. The molecule has 0 aliphatic carbocycles. The van der Waals surface area contributed by atoms with Gasteiger partial charge in [-0.2, -0.15) is 15.0 Å². The van der Waals surface area contributed by atoms with Crippen LogP contribution in [-0.4, -0.2) is 48.2 Å². The van der Waals surface area contributed by atoms with Gasteiger partial charge in [0, 0.05) is 17.1 Å². The number of aromatic nitrogens is 3. The van der Waals surface area contributed by atoms with Crippen LogP contribution in [0.4, 0.5) is 34.9 Å². The van der Waals surface area contributed by atoms with Crippen molar-refractivity contribution < 1.29 is 29.7 Å². The highest BCUT2D eigenvalue weighted by Gasteiger charge is 2.11. The van der Waals surface area contributed by atoms with Gasteiger partial charge in [0.25, 0.3) is 0 Å². The van der Waals surface area contributed by atoms with E-state index in [1.54, 1.807) is 36.4 Å². The molecule has 0 amide bonds. The number of carboxylic acids is 3. The third-order valence-corrected chi connectivity index (χ3v) is 4.80. The fraction of sp³-hybridized carbons (Fsp3) is 0. The minimum absolute atomic E-state index is 0.121. The van der Waals surface area contributed by atoms with Gasteiger partial charge in [0.2, 0.25) is 17.8 Å². The van der Waals surface area contributed by atoms with Crippen LogP contribution >= 0.6 is 0 Å². The smallest absolute Gasteiger partial charge is 0.335 e. The van der Waals surface area contributed by atoms with Gasteiger partial charge in [0.05, 0.1) is 16.7 Å². The highest BCUT2D eigenvalue weighted by atomic mass is 16.4. The van der Waals surface area contributed by atoms with E-state index < -0.39 is 17.9 Å². The molecule has 0 bridgehead atoms. The number of benzene rings is 3. The summed E-state index contributed by atoms with van der Waals surface area (Å²) in [7, 11) is 0. The molecule has 3 aromatic carbocycles. The lowest BCUT2D eigenvalue weighted by Crippen LogP contribution is -2.08. The van der Waals surface area contributed by atoms with E-state index in [1.807, 2.05) is 0 Å². The Morgan fingerprint density at radius 3 is 0.861 bits per heavy atom. The van der Waals surface area contributed by atoms with Gasteiger partial charge in [-0.05, 0) is 72.8 Å². The average molecular weight is 486 g/mol. The summed E-state index contributed by atoms with van der Waals surface area (Å²) in [6.45, 7) is 0. The average Bonchev–Trinajstić information content (AvgIpc) is 2.85. The summed E-state index contributed by atoms with van der Waals surface area (Å²) in [4.78, 5) is 46.2. The number of hydrogen-bond donors (Lipinski definition) is 6. The maximum absolute atomic E-state index is 11.1. The summed E-state index contributed by atoms with van der Waals surface area (Å²) in [5.41, 5.74) is 1.95. The first-order valence-corrected chi connectivity index (χ1v) is 10.3. The van der Waals surface area contributed by atoms with Gasteiger partial charge in [0.15, 0.2) is 0 Å². The van der Waals surface area contributed by atoms with Crippen LogP contribution < -0.4 is 16.0 Å². The Balaban J connectivity index is 1.62. The van der Waals surface area contributed by atoms with E-state index in [1.165, 1.54) is 36.4 Å². The van der Waals surface area contributed by atoms with Crippen LogP contribution in [-0.2, 0) is 0 Å². The minimum Gasteiger partial charge on any atom is -0.478 e. The SMILES string of the molecule is O=C(O)c1ccc(Nc2nc(Nc3ccc(C(=O)O)cc3)nc(Nc3ccc(C(=O)O)cc3)n2)cc1. The Morgan fingerprint density at radius 1 is 0.444 bits per heavy atom. The van der Waals surface area contributed by atoms with Crippen molar-refractivity contribution in [1.82, 2.24) is 15.0 Å². The molecule has 1 aromatic heterocycles. The summed E-state index contributed by atoms with van der Waals surface area (Å²) < 4.78 is 0. The van der Waals surface area contributed by atoms with Crippen LogP contribution in [0.3, 0.4) is 0 Å². The highest BCUT2D eigenvalue weighted by molar-refractivity contribution is 5.89. The van der Waals surface area contributed by atoms with E-state index in [9.17, 15) is 14.4 Å². The fourth-order valence-electron chi connectivity index (χ4n) is 3.02. The normalized spacial score (nSPS) is 10.3. The third kappa shape index (κ3) is 5.88. The first-order valence-electron chi connectivity index (χ1n) is 10.3. The van der Waals surface area contributed by atoms with E-state index in [0.29, 0.717) is 17.1 Å². The van der Waals surface area contributed by atoms with Crippen LogP contribution in [0.1, 0.15) is 31.1 Å². The first kappa shape index (κ1) is 23.6. The van der Waals surface area contributed by atoms with Crippen molar-refractivity contribution in [2.45, 2.75) is 0 Å². The fourth-order valence-corrected chi connectivity index (χ4v) is 3.02. The monoisotopic (exact) mass is 486 g/mol. The van der Waals surface area contributed by atoms with Crippen LogP contribution in [0.2, 0.25) is 0 Å². The third-order valence-electron chi connectivity index (χ3n) is 4.80. The molecule has 0 saturated carbocycles. The second-order valence-corrected chi connectivity index (χ2v) is 7.33. The molecule has 4 rings (SSSR count). The van der Waals surface area contributed by atoms with Gasteiger partial charge in [-0.15, -0.1) is 0 Å². The number of anilines is 6. The number of carboxylic acid groups (broad SMARTS) is 3. The molecular weight excluding hydrogens is 468 g/mol. The zero-order valence-corrected chi connectivity index (χ0v) is 18.3. The van der Waals surface area contributed by atoms with Crippen LogP contribution in [0.15, 0.2) is 72.8 Å². The lowest BCUT2D eigenvalue weighted by Gasteiger charge is -2.12. The summed E-state index contributed by atoms with van der Waals surface area (Å²) in [6, 6.07) is 17.9. The number of nitrogens with zero attached hydrogens (tertiary/aromatic N) is 3. The Labute approximate surface area is 203 Å². The van der Waals surface area contributed by atoms with Crippen molar-refractivity contribution in [3.8, 4) is 0 Å². The summed E-state index contributed by atoms with van der Waals surface area (Å²) in [6.07, 6.45) is 0. The van der Waals surface area contributed by atoms with Crippen LogP contribution in [0.5, 0.6) is 0 Å². The Hall–Kier alpha value is -5.52. The second kappa shape index (κ2) is 10.2. The lowest BCUT2D eigenvalue weighted by atomic mass is 10.2. The summed E-state index contributed by atoms with van der Waals surface area (Å²) in [5, 5.41) is 36.2. The molecule has 0 radical (unpaired) electrons. The zero-order chi connectivity index (χ0) is 25.7.